The van der Waals surface area contributed by atoms with Crippen molar-refractivity contribution in [1.29, 1.82) is 0 Å². The Hall–Kier alpha value is -2.89. The molecule has 1 N–H and O–H groups in total. The van der Waals surface area contributed by atoms with Gasteiger partial charge in [0.2, 0.25) is 6.04 Å². The summed E-state index contributed by atoms with van der Waals surface area (Å²) in [5.41, 5.74) is 4.27. The number of hydrogen-bond donors (Lipinski definition) is 1. The Morgan fingerprint density at radius 1 is 1.19 bits per heavy atom. The van der Waals surface area contributed by atoms with Crippen molar-refractivity contribution in [1.82, 2.24) is 0 Å². The number of nitro groups is 1. The molecule has 1 aliphatic rings. The van der Waals surface area contributed by atoms with Gasteiger partial charge in [0, 0.05) is 36.5 Å². The van der Waals surface area contributed by atoms with Crippen LogP contribution in [0.25, 0.3) is 0 Å². The Kier molecular flexibility index (Phi) is 5.74. The fraction of sp³-hybridized carbons (Fsp3) is 0.381. The van der Waals surface area contributed by atoms with Gasteiger partial charge >= 0.3 is 5.97 Å². The molecule has 142 valence electrons. The van der Waals surface area contributed by atoms with Crippen LogP contribution in [-0.2, 0) is 24.1 Å². The van der Waals surface area contributed by atoms with E-state index >= 15 is 0 Å². The highest BCUT2D eigenvalue weighted by atomic mass is 16.6. The van der Waals surface area contributed by atoms with E-state index in [2.05, 4.69) is 4.90 Å². The quantitative estimate of drug-likeness (QED) is 0.571. The van der Waals surface area contributed by atoms with Crippen molar-refractivity contribution in [3.05, 3.63) is 75.3 Å². The second-order valence-electron chi connectivity index (χ2n) is 7.19. The minimum absolute atomic E-state index is 0.0778. The summed E-state index contributed by atoms with van der Waals surface area (Å²) in [6, 6.07) is 15.2. The predicted octanol–water partition coefficient (Wildman–Crippen LogP) is 3.34. The molecule has 0 spiro atoms. The molecule has 0 saturated carbocycles. The van der Waals surface area contributed by atoms with E-state index in [0.717, 1.165) is 35.3 Å². The first-order chi connectivity index (χ1) is 12.9. The molecular formula is C21H24N2O4. The molecule has 0 aliphatic carbocycles. The Morgan fingerprint density at radius 3 is 2.59 bits per heavy atom. The molecule has 0 aromatic heterocycles. The highest BCUT2D eigenvalue weighted by molar-refractivity contribution is 5.70. The maximum absolute atomic E-state index is 11.4. The number of anilines is 1. The van der Waals surface area contributed by atoms with Crippen molar-refractivity contribution in [2.45, 2.75) is 44.7 Å². The van der Waals surface area contributed by atoms with Crippen LogP contribution in [0.3, 0.4) is 0 Å². The van der Waals surface area contributed by atoms with Gasteiger partial charge in [-0.1, -0.05) is 42.5 Å². The number of fused-ring (bicyclic) bond motifs is 1. The number of hydrogen-bond acceptors (Lipinski definition) is 4. The van der Waals surface area contributed by atoms with Gasteiger partial charge in [-0.25, -0.2) is 0 Å². The normalized spacial score (nSPS) is 15.2. The molecule has 2 unspecified atom stereocenters. The van der Waals surface area contributed by atoms with Gasteiger partial charge in [-0.15, -0.1) is 0 Å². The van der Waals surface area contributed by atoms with Crippen molar-refractivity contribution in [2.75, 3.05) is 11.4 Å². The summed E-state index contributed by atoms with van der Waals surface area (Å²) in [6.07, 6.45) is 1.99. The minimum atomic E-state index is -0.805. The first-order valence-electron chi connectivity index (χ1n) is 9.21. The van der Waals surface area contributed by atoms with Gasteiger partial charge in [0.1, 0.15) is 0 Å². The average molecular weight is 368 g/mol. The van der Waals surface area contributed by atoms with Gasteiger partial charge in [-0.05, 0) is 35.6 Å². The number of carboxylic acids is 1. The molecule has 2 atom stereocenters. The summed E-state index contributed by atoms with van der Waals surface area (Å²) in [6.45, 7) is 2.39. The van der Waals surface area contributed by atoms with Gasteiger partial charge in [-0.2, -0.15) is 0 Å². The Labute approximate surface area is 158 Å². The van der Waals surface area contributed by atoms with E-state index in [-0.39, 0.29) is 17.4 Å². The maximum atomic E-state index is 11.4. The zero-order valence-corrected chi connectivity index (χ0v) is 15.4. The lowest BCUT2D eigenvalue weighted by Crippen LogP contribution is -2.37. The largest absolute Gasteiger partial charge is 0.481 e. The average Bonchev–Trinajstić information content (AvgIpc) is 3.04. The summed E-state index contributed by atoms with van der Waals surface area (Å²) >= 11 is 0. The second kappa shape index (κ2) is 8.20. The number of nitrogens with zero attached hydrogens (tertiary/aromatic N) is 2. The minimum Gasteiger partial charge on any atom is -0.481 e. The summed E-state index contributed by atoms with van der Waals surface area (Å²) in [4.78, 5) is 24.2. The van der Waals surface area contributed by atoms with Crippen molar-refractivity contribution in [2.24, 2.45) is 0 Å². The van der Waals surface area contributed by atoms with Gasteiger partial charge in [0.15, 0.2) is 0 Å². The molecule has 0 amide bonds. The third kappa shape index (κ3) is 4.64. The monoisotopic (exact) mass is 368 g/mol. The first-order valence-corrected chi connectivity index (χ1v) is 9.21. The molecule has 6 heteroatoms. The van der Waals surface area contributed by atoms with Crippen LogP contribution < -0.4 is 4.90 Å². The zero-order valence-electron chi connectivity index (χ0n) is 15.4. The van der Waals surface area contributed by atoms with E-state index in [9.17, 15) is 20.0 Å². The van der Waals surface area contributed by atoms with Crippen molar-refractivity contribution in [3.63, 3.8) is 0 Å². The van der Waals surface area contributed by atoms with Crippen LogP contribution in [0.4, 0.5) is 5.69 Å². The van der Waals surface area contributed by atoms with Crippen LogP contribution in [0.1, 0.15) is 30.0 Å². The van der Waals surface area contributed by atoms with Crippen molar-refractivity contribution in [3.8, 4) is 0 Å². The van der Waals surface area contributed by atoms with Gasteiger partial charge < -0.3 is 10.0 Å². The molecule has 3 rings (SSSR count). The molecule has 27 heavy (non-hydrogen) atoms. The molecular weight excluding hydrogens is 344 g/mol. The van der Waals surface area contributed by atoms with Gasteiger partial charge in [0.25, 0.3) is 0 Å². The molecule has 2 aromatic carbocycles. The highest BCUT2D eigenvalue weighted by Gasteiger charge is 2.28. The smallest absolute Gasteiger partial charge is 0.305 e. The number of carboxylic acid groups (broad SMARTS) is 1. The highest BCUT2D eigenvalue weighted by Crippen LogP contribution is 2.32. The zero-order chi connectivity index (χ0) is 19.4. The maximum Gasteiger partial charge on any atom is 0.305 e. The first kappa shape index (κ1) is 18.9. The molecule has 2 aromatic rings. The van der Waals surface area contributed by atoms with Crippen LogP contribution in [0.5, 0.6) is 0 Å². The third-order valence-electron chi connectivity index (χ3n) is 5.13. The standard InChI is InChI=1S/C21H24N2O4/c1-15(23(26)27)11-17-7-8-20-18(12-17)9-10-22(20)19(14-21(24)25)13-16-5-3-2-4-6-16/h2-8,12,15,19H,9-11,13-14H2,1H3,(H,24,25). The lowest BCUT2D eigenvalue weighted by Gasteiger charge is -2.29. The third-order valence-corrected chi connectivity index (χ3v) is 5.13. The van der Waals surface area contributed by atoms with Crippen LogP contribution in [0.2, 0.25) is 0 Å². The number of aliphatic carboxylic acids is 1. The summed E-state index contributed by atoms with van der Waals surface area (Å²) in [5, 5.41) is 20.3. The van der Waals surface area contributed by atoms with E-state index in [1.54, 1.807) is 6.92 Å². The summed E-state index contributed by atoms with van der Waals surface area (Å²) in [7, 11) is 0. The lowest BCUT2D eigenvalue weighted by molar-refractivity contribution is -0.517. The molecule has 0 bridgehead atoms. The van der Waals surface area contributed by atoms with Gasteiger partial charge in [0.05, 0.1) is 6.42 Å². The lowest BCUT2D eigenvalue weighted by atomic mass is 10.0. The topological polar surface area (TPSA) is 83.7 Å². The molecule has 0 saturated heterocycles. The van der Waals surface area contributed by atoms with Crippen molar-refractivity contribution >= 4 is 11.7 Å². The molecule has 6 nitrogen and oxygen atoms in total. The van der Waals surface area contributed by atoms with E-state index in [1.807, 2.05) is 48.5 Å². The van der Waals surface area contributed by atoms with E-state index in [0.29, 0.717) is 12.8 Å². The van der Waals surface area contributed by atoms with Gasteiger partial charge in [-0.3, -0.25) is 14.9 Å². The number of carbonyl (C=O) groups is 1. The Balaban J connectivity index is 1.80. The van der Waals surface area contributed by atoms with Crippen LogP contribution in [0, 0.1) is 10.1 Å². The summed E-state index contributed by atoms with van der Waals surface area (Å²) < 4.78 is 0. The molecule has 1 aliphatic heterocycles. The fourth-order valence-corrected chi connectivity index (χ4v) is 3.78. The Bertz CT molecular complexity index is 822. The van der Waals surface area contributed by atoms with Crippen LogP contribution in [0.15, 0.2) is 48.5 Å². The van der Waals surface area contributed by atoms with E-state index in [1.165, 1.54) is 0 Å². The number of benzene rings is 2. The molecule has 0 radical (unpaired) electrons. The molecule has 0 fully saturated rings. The van der Waals surface area contributed by atoms with Crippen LogP contribution in [-0.4, -0.2) is 34.6 Å². The second-order valence-corrected chi connectivity index (χ2v) is 7.19. The van der Waals surface area contributed by atoms with Crippen molar-refractivity contribution < 1.29 is 14.8 Å². The number of rotatable bonds is 8. The Morgan fingerprint density at radius 2 is 1.93 bits per heavy atom. The molecule has 1 heterocycles. The van der Waals surface area contributed by atoms with E-state index < -0.39 is 12.0 Å². The SMILES string of the molecule is CC(Cc1ccc2c(c1)CCN2C(CC(=O)O)Cc1ccccc1)[N+](=O)[O-]. The van der Waals surface area contributed by atoms with Crippen LogP contribution >= 0.6 is 0 Å². The fourth-order valence-electron chi connectivity index (χ4n) is 3.78. The van der Waals surface area contributed by atoms with E-state index in [4.69, 9.17) is 0 Å². The predicted molar refractivity (Wildman–Crippen MR) is 104 cm³/mol. The summed E-state index contributed by atoms with van der Waals surface area (Å²) in [5.74, 6) is -0.805.